The van der Waals surface area contributed by atoms with Gasteiger partial charge >= 0.3 is 0 Å². The number of aromatic nitrogens is 2. The van der Waals surface area contributed by atoms with Gasteiger partial charge in [0.25, 0.3) is 0 Å². The lowest BCUT2D eigenvalue weighted by Gasteiger charge is -2.21. The van der Waals surface area contributed by atoms with Crippen LogP contribution in [0.25, 0.3) is 54.3 Å². The number of anilines is 1. The van der Waals surface area contributed by atoms with Crippen LogP contribution in [-0.2, 0) is 16.6 Å². The number of furan rings is 1. The second-order valence-corrected chi connectivity index (χ2v) is 12.8. The van der Waals surface area contributed by atoms with E-state index in [0.29, 0.717) is 46.1 Å². The van der Waals surface area contributed by atoms with Crippen molar-refractivity contribution in [2.45, 2.75) is 6.54 Å². The van der Waals surface area contributed by atoms with Gasteiger partial charge in [0.05, 0.1) is 29.3 Å². The molecule has 214 valence electrons. The summed E-state index contributed by atoms with van der Waals surface area (Å²) in [6.45, 7) is 0.479. The smallest absolute Gasteiger partial charge is 0.232 e. The molecule has 3 heterocycles. The van der Waals surface area contributed by atoms with Crippen LogP contribution in [0, 0.1) is 5.82 Å². The van der Waals surface area contributed by atoms with E-state index in [4.69, 9.17) is 14.1 Å². The third-order valence-corrected chi connectivity index (χ3v) is 9.35. The molecule has 11 heteroatoms. The largest absolute Gasteiger partial charge is 0.496 e. The number of rotatable bonds is 8. The molecule has 1 N–H and O–H groups in total. The number of pyridine rings is 1. The summed E-state index contributed by atoms with van der Waals surface area (Å²) < 4.78 is 53.5. The van der Waals surface area contributed by atoms with Gasteiger partial charge in [0.1, 0.15) is 27.9 Å². The monoisotopic (exact) mass is 602 g/mol. The minimum atomic E-state index is -3.62. The summed E-state index contributed by atoms with van der Waals surface area (Å²) in [6, 6.07) is 19.3. The van der Waals surface area contributed by atoms with Crippen molar-refractivity contribution in [1.82, 2.24) is 15.3 Å². The first-order valence-corrected chi connectivity index (χ1v) is 15.7. The first-order chi connectivity index (χ1) is 20.2. The molecule has 0 aliphatic rings. The van der Waals surface area contributed by atoms with Gasteiger partial charge in [-0.2, -0.15) is 0 Å². The first kappa shape index (κ1) is 27.8. The Labute approximate surface area is 246 Å². The van der Waals surface area contributed by atoms with Crippen LogP contribution in [0.2, 0.25) is 0 Å². The summed E-state index contributed by atoms with van der Waals surface area (Å²) in [6.07, 6.45) is 2.86. The molecular formula is C31H27FN4O4S2. The van der Waals surface area contributed by atoms with E-state index in [9.17, 15) is 12.8 Å². The lowest BCUT2D eigenvalue weighted by molar-refractivity contribution is 0.416. The molecule has 0 saturated carbocycles. The number of sulfonamides is 1. The highest BCUT2D eigenvalue weighted by molar-refractivity contribution is 7.92. The average molecular weight is 603 g/mol. The Hall–Kier alpha value is -4.32. The highest BCUT2D eigenvalue weighted by atomic mass is 32.2. The maximum atomic E-state index is 13.7. The fourth-order valence-electron chi connectivity index (χ4n) is 4.97. The molecule has 6 aromatic rings. The Bertz CT molecular complexity index is 2020. The Morgan fingerprint density at radius 2 is 1.81 bits per heavy atom. The normalized spacial score (nSPS) is 11.8. The van der Waals surface area contributed by atoms with Crippen molar-refractivity contribution in [3.63, 3.8) is 0 Å². The summed E-state index contributed by atoms with van der Waals surface area (Å²) >= 11 is 1.50. The highest BCUT2D eigenvalue weighted by Gasteiger charge is 2.24. The molecule has 0 unspecified atom stereocenters. The highest BCUT2D eigenvalue weighted by Crippen LogP contribution is 2.44. The van der Waals surface area contributed by atoms with Crippen LogP contribution in [-0.4, -0.2) is 45.8 Å². The van der Waals surface area contributed by atoms with Crippen molar-refractivity contribution in [2.24, 2.45) is 0 Å². The Morgan fingerprint density at radius 3 is 2.50 bits per heavy atom. The predicted octanol–water partition coefficient (Wildman–Crippen LogP) is 6.70. The molecule has 0 spiro atoms. The second kappa shape index (κ2) is 10.8. The molecule has 3 aromatic heterocycles. The molecule has 0 fully saturated rings. The number of nitrogens with one attached hydrogen (secondary N) is 1. The number of hydrogen-bond donors (Lipinski definition) is 1. The van der Waals surface area contributed by atoms with E-state index in [1.807, 2.05) is 43.4 Å². The third kappa shape index (κ3) is 5.00. The van der Waals surface area contributed by atoms with E-state index < -0.39 is 10.0 Å². The second-order valence-electron chi connectivity index (χ2n) is 9.80. The number of nitrogens with zero attached hydrogens (tertiary/aromatic N) is 3. The molecular weight excluding hydrogens is 575 g/mol. The van der Waals surface area contributed by atoms with Gasteiger partial charge in [-0.05, 0) is 67.2 Å². The van der Waals surface area contributed by atoms with E-state index in [0.717, 1.165) is 38.0 Å². The van der Waals surface area contributed by atoms with Gasteiger partial charge in [-0.15, -0.1) is 11.3 Å². The maximum Gasteiger partial charge on any atom is 0.232 e. The third-order valence-electron chi connectivity index (χ3n) is 7.11. The minimum absolute atomic E-state index is 0.344. The number of fused-ring (bicyclic) bond motifs is 2. The first-order valence-electron chi connectivity index (χ1n) is 13.0. The van der Waals surface area contributed by atoms with Crippen LogP contribution in [0.1, 0.15) is 5.56 Å². The van der Waals surface area contributed by atoms with Crippen LogP contribution in [0.5, 0.6) is 5.75 Å². The molecule has 8 nitrogen and oxygen atoms in total. The van der Waals surface area contributed by atoms with E-state index in [-0.39, 0.29) is 5.82 Å². The van der Waals surface area contributed by atoms with Crippen LogP contribution in [0.15, 0.2) is 77.3 Å². The van der Waals surface area contributed by atoms with Gasteiger partial charge in [0, 0.05) is 47.9 Å². The van der Waals surface area contributed by atoms with Crippen molar-refractivity contribution in [2.75, 3.05) is 31.8 Å². The molecule has 0 radical (unpaired) electrons. The summed E-state index contributed by atoms with van der Waals surface area (Å²) in [5, 5.41) is 4.74. The van der Waals surface area contributed by atoms with Crippen LogP contribution < -0.4 is 14.4 Å². The molecule has 42 heavy (non-hydrogen) atoms. The SMILES string of the molecule is CNCc1c(-c2ccc(F)cc2)oc2cc(N(C)S(C)(=O)=O)c(-c3ccc(OC)c(-c4nc5ncccc5s4)c3)cc12. The van der Waals surface area contributed by atoms with E-state index in [1.165, 1.54) is 34.8 Å². The van der Waals surface area contributed by atoms with Crippen molar-refractivity contribution < 1.29 is 22.0 Å². The Kier molecular flexibility index (Phi) is 7.17. The fraction of sp³-hybridized carbons (Fsp3) is 0.161. The van der Waals surface area contributed by atoms with E-state index >= 15 is 0 Å². The molecule has 6 rings (SSSR count). The summed E-state index contributed by atoms with van der Waals surface area (Å²) in [4.78, 5) is 9.09. The topological polar surface area (TPSA) is 97.6 Å². The van der Waals surface area contributed by atoms with Gasteiger partial charge in [-0.3, -0.25) is 4.31 Å². The number of ether oxygens (including phenoxy) is 1. The molecule has 0 aliphatic carbocycles. The van der Waals surface area contributed by atoms with Crippen LogP contribution >= 0.6 is 11.3 Å². The van der Waals surface area contributed by atoms with Crippen LogP contribution in [0.4, 0.5) is 10.1 Å². The molecule has 0 amide bonds. The lowest BCUT2D eigenvalue weighted by atomic mass is 9.97. The van der Waals surface area contributed by atoms with Crippen molar-refractivity contribution in [1.29, 1.82) is 0 Å². The predicted molar refractivity (Wildman–Crippen MR) is 166 cm³/mol. The number of thiazole rings is 1. The van der Waals surface area contributed by atoms with Crippen molar-refractivity contribution >= 4 is 48.4 Å². The molecule has 0 aliphatic heterocycles. The molecule has 0 atom stereocenters. The zero-order valence-corrected chi connectivity index (χ0v) is 24.9. The quantitative estimate of drug-likeness (QED) is 0.207. The maximum absolute atomic E-state index is 13.7. The van der Waals surface area contributed by atoms with Gasteiger partial charge in [-0.1, -0.05) is 6.07 Å². The zero-order valence-electron chi connectivity index (χ0n) is 23.3. The molecule has 0 bridgehead atoms. The van der Waals surface area contributed by atoms with Crippen molar-refractivity contribution in [3.05, 3.63) is 84.3 Å². The summed E-state index contributed by atoms with van der Waals surface area (Å²) in [7, 11) is 1.33. The lowest BCUT2D eigenvalue weighted by Crippen LogP contribution is -2.25. The number of halogens is 1. The number of benzene rings is 3. The average Bonchev–Trinajstić information content (AvgIpc) is 3.57. The Balaban J connectivity index is 1.61. The van der Waals surface area contributed by atoms with Gasteiger partial charge in [0.15, 0.2) is 5.65 Å². The van der Waals surface area contributed by atoms with Crippen LogP contribution in [0.3, 0.4) is 0 Å². The zero-order chi connectivity index (χ0) is 29.6. The standard InChI is InChI=1S/C31H27FN4O4S2/c1-33-17-24-22-15-21(19-9-12-26(39-3)23(14-19)31-35-30-28(41-31)6-5-13-34-30)25(36(2)42(4,37)38)16-27(22)40-29(24)18-7-10-20(32)11-8-18/h5-16,33H,17H2,1-4H3. The van der Waals surface area contributed by atoms with Crippen molar-refractivity contribution in [3.8, 4) is 38.8 Å². The Morgan fingerprint density at radius 1 is 1.05 bits per heavy atom. The summed E-state index contributed by atoms with van der Waals surface area (Å²) in [5.74, 6) is 0.875. The van der Waals surface area contributed by atoms with Gasteiger partial charge < -0.3 is 14.5 Å². The summed E-state index contributed by atoms with van der Waals surface area (Å²) in [5.41, 5.74) is 5.41. The van der Waals surface area contributed by atoms with E-state index in [1.54, 1.807) is 31.5 Å². The molecule has 3 aromatic carbocycles. The fourth-order valence-corrected chi connectivity index (χ4v) is 6.42. The molecule has 0 saturated heterocycles. The van der Waals surface area contributed by atoms with Gasteiger partial charge in [0.2, 0.25) is 10.0 Å². The number of methoxy groups -OCH3 is 1. The minimum Gasteiger partial charge on any atom is -0.496 e. The number of hydrogen-bond acceptors (Lipinski definition) is 8. The van der Waals surface area contributed by atoms with Gasteiger partial charge in [-0.25, -0.2) is 22.8 Å². The van der Waals surface area contributed by atoms with E-state index in [2.05, 4.69) is 10.3 Å².